The summed E-state index contributed by atoms with van der Waals surface area (Å²) in [7, 11) is 0. The van der Waals surface area contributed by atoms with E-state index in [1.807, 2.05) is 52.0 Å². The molecule has 162 valence electrons. The monoisotopic (exact) mass is 448 g/mol. The van der Waals surface area contributed by atoms with Crippen molar-refractivity contribution in [1.82, 2.24) is 10.2 Å². The average Bonchev–Trinajstić information content (AvgIpc) is 2.70. The molecule has 0 saturated heterocycles. The van der Waals surface area contributed by atoms with E-state index in [0.29, 0.717) is 34.5 Å². The van der Waals surface area contributed by atoms with Crippen LogP contribution in [0.3, 0.4) is 0 Å². The van der Waals surface area contributed by atoms with E-state index in [1.165, 1.54) is 0 Å². The standard InChI is InChI=1S/C24H30Cl2N2O2/c1-5-22(24(30)27-14-16(2)3)28(15-19-20(25)7-6-8-21(19)26)23(29)13-18-11-9-17(4)10-12-18/h6-12,16,22H,5,13-15H2,1-4H3,(H,27,30)/t22-/m1/s1. The van der Waals surface area contributed by atoms with E-state index in [4.69, 9.17) is 23.2 Å². The number of nitrogens with one attached hydrogen (secondary N) is 1. The van der Waals surface area contributed by atoms with E-state index in [9.17, 15) is 9.59 Å². The molecule has 4 nitrogen and oxygen atoms in total. The highest BCUT2D eigenvalue weighted by atomic mass is 35.5. The Labute approximate surface area is 189 Å². The van der Waals surface area contributed by atoms with Gasteiger partial charge in [-0.05, 0) is 37.0 Å². The van der Waals surface area contributed by atoms with Gasteiger partial charge in [0.25, 0.3) is 0 Å². The molecular weight excluding hydrogens is 419 g/mol. The lowest BCUT2D eigenvalue weighted by atomic mass is 10.1. The normalized spacial score (nSPS) is 12.0. The van der Waals surface area contributed by atoms with Crippen molar-refractivity contribution in [2.24, 2.45) is 5.92 Å². The van der Waals surface area contributed by atoms with Crippen molar-refractivity contribution < 1.29 is 9.59 Å². The lowest BCUT2D eigenvalue weighted by Gasteiger charge is -2.31. The number of hydrogen-bond donors (Lipinski definition) is 1. The highest BCUT2D eigenvalue weighted by molar-refractivity contribution is 6.36. The molecule has 6 heteroatoms. The molecule has 0 fully saturated rings. The van der Waals surface area contributed by atoms with Gasteiger partial charge in [-0.3, -0.25) is 9.59 Å². The summed E-state index contributed by atoms with van der Waals surface area (Å²) in [5, 5.41) is 3.92. The van der Waals surface area contributed by atoms with Crippen LogP contribution in [-0.2, 0) is 22.6 Å². The Kier molecular flexibility index (Phi) is 9.19. The molecule has 1 atom stereocenters. The first-order valence-electron chi connectivity index (χ1n) is 10.3. The number of hydrogen-bond acceptors (Lipinski definition) is 2. The molecule has 0 aliphatic carbocycles. The summed E-state index contributed by atoms with van der Waals surface area (Å²) in [6.45, 7) is 8.71. The molecule has 2 amide bonds. The number of aryl methyl sites for hydroxylation is 1. The van der Waals surface area contributed by atoms with Gasteiger partial charge in [0.1, 0.15) is 6.04 Å². The third kappa shape index (κ3) is 6.75. The van der Waals surface area contributed by atoms with E-state index in [2.05, 4.69) is 5.32 Å². The van der Waals surface area contributed by atoms with Gasteiger partial charge >= 0.3 is 0 Å². The quantitative estimate of drug-likeness (QED) is 0.556. The van der Waals surface area contributed by atoms with E-state index in [-0.39, 0.29) is 24.8 Å². The summed E-state index contributed by atoms with van der Waals surface area (Å²) in [6, 6.07) is 12.5. The van der Waals surface area contributed by atoms with Crippen LogP contribution in [0.15, 0.2) is 42.5 Å². The molecule has 2 rings (SSSR count). The summed E-state index contributed by atoms with van der Waals surface area (Å²) in [5.41, 5.74) is 2.68. The Bertz CT molecular complexity index is 846. The summed E-state index contributed by atoms with van der Waals surface area (Å²) in [6.07, 6.45) is 0.696. The Morgan fingerprint density at radius 1 is 1.03 bits per heavy atom. The van der Waals surface area contributed by atoms with Gasteiger partial charge in [0.2, 0.25) is 11.8 Å². The molecule has 0 spiro atoms. The van der Waals surface area contributed by atoms with Crippen LogP contribution in [0.25, 0.3) is 0 Å². The molecular formula is C24H30Cl2N2O2. The van der Waals surface area contributed by atoms with E-state index in [1.54, 1.807) is 23.1 Å². The Morgan fingerprint density at radius 3 is 2.17 bits per heavy atom. The second-order valence-electron chi connectivity index (χ2n) is 7.95. The third-order valence-electron chi connectivity index (χ3n) is 4.94. The number of nitrogens with zero attached hydrogens (tertiary/aromatic N) is 1. The van der Waals surface area contributed by atoms with Gasteiger partial charge in [0.15, 0.2) is 0 Å². The van der Waals surface area contributed by atoms with Crippen molar-refractivity contribution in [3.05, 3.63) is 69.2 Å². The van der Waals surface area contributed by atoms with Gasteiger partial charge in [-0.15, -0.1) is 0 Å². The zero-order valence-electron chi connectivity index (χ0n) is 18.0. The van der Waals surface area contributed by atoms with Crippen LogP contribution < -0.4 is 5.32 Å². The van der Waals surface area contributed by atoms with Crippen molar-refractivity contribution in [2.45, 2.75) is 53.1 Å². The SMILES string of the molecule is CC[C@H](C(=O)NCC(C)C)N(Cc1c(Cl)cccc1Cl)C(=O)Cc1ccc(C)cc1. The predicted molar refractivity (Wildman–Crippen MR) is 124 cm³/mol. The highest BCUT2D eigenvalue weighted by Crippen LogP contribution is 2.27. The number of carbonyl (C=O) groups is 2. The predicted octanol–water partition coefficient (Wildman–Crippen LogP) is 5.42. The molecule has 0 aliphatic heterocycles. The Balaban J connectivity index is 2.33. The van der Waals surface area contributed by atoms with Crippen LogP contribution in [0.4, 0.5) is 0 Å². The Morgan fingerprint density at radius 2 is 1.63 bits per heavy atom. The van der Waals surface area contributed by atoms with Gasteiger partial charge in [-0.25, -0.2) is 0 Å². The van der Waals surface area contributed by atoms with Crippen molar-refractivity contribution in [2.75, 3.05) is 6.54 Å². The number of carbonyl (C=O) groups excluding carboxylic acids is 2. The number of halogens is 2. The minimum atomic E-state index is -0.603. The van der Waals surface area contributed by atoms with Crippen LogP contribution in [-0.4, -0.2) is 29.3 Å². The second-order valence-corrected chi connectivity index (χ2v) is 8.76. The van der Waals surface area contributed by atoms with Crippen LogP contribution in [0.2, 0.25) is 10.0 Å². The topological polar surface area (TPSA) is 49.4 Å². The smallest absolute Gasteiger partial charge is 0.242 e. The van der Waals surface area contributed by atoms with Gasteiger partial charge in [-0.2, -0.15) is 0 Å². The van der Waals surface area contributed by atoms with Crippen molar-refractivity contribution in [3.8, 4) is 0 Å². The summed E-state index contributed by atoms with van der Waals surface area (Å²) < 4.78 is 0. The molecule has 2 aromatic rings. The molecule has 2 aromatic carbocycles. The zero-order valence-corrected chi connectivity index (χ0v) is 19.6. The fourth-order valence-electron chi connectivity index (χ4n) is 3.18. The molecule has 1 N–H and O–H groups in total. The summed E-state index contributed by atoms with van der Waals surface area (Å²) >= 11 is 12.7. The highest BCUT2D eigenvalue weighted by Gasteiger charge is 2.29. The second kappa shape index (κ2) is 11.4. The number of amides is 2. The Hall–Kier alpha value is -2.04. The first-order chi connectivity index (χ1) is 14.2. The van der Waals surface area contributed by atoms with Crippen LogP contribution in [0.5, 0.6) is 0 Å². The van der Waals surface area contributed by atoms with E-state index >= 15 is 0 Å². The molecule has 30 heavy (non-hydrogen) atoms. The number of rotatable bonds is 9. The van der Waals surface area contributed by atoms with Crippen molar-refractivity contribution in [1.29, 1.82) is 0 Å². The fourth-order valence-corrected chi connectivity index (χ4v) is 3.69. The summed E-state index contributed by atoms with van der Waals surface area (Å²) in [5.74, 6) is 0.0224. The maximum absolute atomic E-state index is 13.3. The lowest BCUT2D eigenvalue weighted by Crippen LogP contribution is -2.50. The fraction of sp³-hybridized carbons (Fsp3) is 0.417. The lowest BCUT2D eigenvalue weighted by molar-refractivity contribution is -0.141. The van der Waals surface area contributed by atoms with Gasteiger partial charge in [0, 0.05) is 28.7 Å². The molecule has 0 heterocycles. The van der Waals surface area contributed by atoms with E-state index < -0.39 is 6.04 Å². The average molecular weight is 449 g/mol. The van der Waals surface area contributed by atoms with Crippen molar-refractivity contribution >= 4 is 35.0 Å². The maximum atomic E-state index is 13.3. The van der Waals surface area contributed by atoms with Crippen LogP contribution in [0, 0.1) is 12.8 Å². The van der Waals surface area contributed by atoms with Gasteiger partial charge < -0.3 is 10.2 Å². The minimum Gasteiger partial charge on any atom is -0.354 e. The maximum Gasteiger partial charge on any atom is 0.242 e. The van der Waals surface area contributed by atoms with Gasteiger partial charge in [0.05, 0.1) is 6.42 Å². The van der Waals surface area contributed by atoms with E-state index in [0.717, 1.165) is 11.1 Å². The molecule has 0 radical (unpaired) electrons. The van der Waals surface area contributed by atoms with Crippen molar-refractivity contribution in [3.63, 3.8) is 0 Å². The first kappa shape index (κ1) is 24.2. The molecule has 0 aliphatic rings. The van der Waals surface area contributed by atoms with Gasteiger partial charge in [-0.1, -0.05) is 79.9 Å². The van der Waals surface area contributed by atoms with Crippen LogP contribution >= 0.6 is 23.2 Å². The zero-order chi connectivity index (χ0) is 22.3. The molecule has 0 aromatic heterocycles. The van der Waals surface area contributed by atoms with Crippen LogP contribution in [0.1, 0.15) is 43.9 Å². The minimum absolute atomic E-state index is 0.138. The molecule has 0 unspecified atom stereocenters. The molecule has 0 saturated carbocycles. The summed E-state index contributed by atoms with van der Waals surface area (Å²) in [4.78, 5) is 27.8. The number of benzene rings is 2. The third-order valence-corrected chi connectivity index (χ3v) is 5.64. The first-order valence-corrected chi connectivity index (χ1v) is 11.0. The largest absolute Gasteiger partial charge is 0.354 e. The molecule has 0 bridgehead atoms.